The molecule has 7 heteroatoms. The number of aliphatic hydroxyl groups is 1. The molecule has 7 nitrogen and oxygen atoms in total. The molecule has 2 aromatic rings. The summed E-state index contributed by atoms with van der Waals surface area (Å²) >= 11 is 0. The van der Waals surface area contributed by atoms with Crippen molar-refractivity contribution in [2.45, 2.75) is 58.1 Å². The van der Waals surface area contributed by atoms with E-state index in [4.69, 9.17) is 13.9 Å². The number of rotatable bonds is 5. The van der Waals surface area contributed by atoms with Crippen molar-refractivity contribution in [2.24, 2.45) is 0 Å². The third-order valence-corrected chi connectivity index (χ3v) is 6.32. The topological polar surface area (TPSA) is 89.2 Å². The van der Waals surface area contributed by atoms with Gasteiger partial charge in [0.05, 0.1) is 24.4 Å². The molecule has 1 N–H and O–H groups in total. The number of likely N-dealkylation sites (tertiary alicyclic amines) is 1. The number of carbonyl (C=O) groups is 2. The van der Waals surface area contributed by atoms with Crippen molar-refractivity contribution in [3.8, 4) is 5.75 Å². The Balaban J connectivity index is 1.88. The quantitative estimate of drug-likeness (QED) is 0.408. The number of amides is 1. The molecule has 2 aliphatic rings. The molecule has 4 rings (SSSR count). The average molecular weight is 454 g/mol. The number of aliphatic hydroxyl groups excluding tert-OH is 1. The Bertz CT molecular complexity index is 1100. The second-order valence-electron chi connectivity index (χ2n) is 9.70. The molecule has 0 bridgehead atoms. The summed E-state index contributed by atoms with van der Waals surface area (Å²) in [4.78, 5) is 27.8. The number of benzene rings is 1. The zero-order chi connectivity index (χ0) is 23.9. The number of ketones is 1. The fourth-order valence-corrected chi connectivity index (χ4v) is 4.48. The van der Waals surface area contributed by atoms with Gasteiger partial charge in [0, 0.05) is 13.2 Å². The number of furan rings is 1. The maximum absolute atomic E-state index is 13.2. The molecule has 0 saturated carbocycles. The van der Waals surface area contributed by atoms with Gasteiger partial charge in [0.15, 0.2) is 0 Å². The van der Waals surface area contributed by atoms with Crippen LogP contribution in [-0.4, -0.2) is 48.1 Å². The van der Waals surface area contributed by atoms with Crippen molar-refractivity contribution < 1.29 is 28.6 Å². The van der Waals surface area contributed by atoms with Crippen LogP contribution in [0.2, 0.25) is 0 Å². The lowest BCUT2D eigenvalue weighted by Crippen LogP contribution is -2.36. The van der Waals surface area contributed by atoms with Crippen LogP contribution in [0.5, 0.6) is 5.75 Å². The largest absolute Gasteiger partial charge is 0.507 e. The lowest BCUT2D eigenvalue weighted by molar-refractivity contribution is -0.141. The van der Waals surface area contributed by atoms with Gasteiger partial charge in [-0.05, 0) is 55.0 Å². The van der Waals surface area contributed by atoms with Gasteiger partial charge in [0.25, 0.3) is 11.7 Å². The molecule has 33 heavy (non-hydrogen) atoms. The Labute approximate surface area is 194 Å². The van der Waals surface area contributed by atoms with Crippen molar-refractivity contribution in [1.29, 1.82) is 0 Å². The molecule has 0 radical (unpaired) electrons. The fourth-order valence-electron chi connectivity index (χ4n) is 4.48. The maximum Gasteiger partial charge on any atom is 0.295 e. The number of Topliss-reactive ketones (excluding diaryl/α,β-unsaturated/α-hetero) is 1. The Morgan fingerprint density at radius 1 is 1.21 bits per heavy atom. The third kappa shape index (κ3) is 4.29. The van der Waals surface area contributed by atoms with Crippen molar-refractivity contribution >= 4 is 17.4 Å². The van der Waals surface area contributed by atoms with Gasteiger partial charge in [-0.25, -0.2) is 0 Å². The lowest BCUT2D eigenvalue weighted by atomic mass is 9.85. The first kappa shape index (κ1) is 23.1. The second-order valence-corrected chi connectivity index (χ2v) is 9.70. The number of aryl methyl sites for hydroxylation is 1. The fraction of sp³-hybridized carbons (Fsp3) is 0.462. The summed E-state index contributed by atoms with van der Waals surface area (Å²) < 4.78 is 17.1. The summed E-state index contributed by atoms with van der Waals surface area (Å²) in [6, 6.07) is 8.19. The van der Waals surface area contributed by atoms with Crippen LogP contribution in [-0.2, 0) is 19.7 Å². The smallest absolute Gasteiger partial charge is 0.295 e. The number of hydrogen-bond donors (Lipinski definition) is 1. The van der Waals surface area contributed by atoms with Crippen LogP contribution in [0.4, 0.5) is 0 Å². The highest BCUT2D eigenvalue weighted by molar-refractivity contribution is 6.46. The maximum atomic E-state index is 13.2. The van der Waals surface area contributed by atoms with Crippen LogP contribution in [0.3, 0.4) is 0 Å². The Morgan fingerprint density at radius 2 is 1.97 bits per heavy atom. The standard InChI is InChI=1S/C26H31NO6/c1-15-8-10-20(33-15)22-21(24(29)25(30)27(22)14-17-7-6-12-32-17)23(28)18-13-16(26(2,3)4)9-11-19(18)31-5/h8-11,13,17,22,28H,6-7,12,14H2,1-5H3/b23-21+. The first-order chi connectivity index (χ1) is 15.6. The average Bonchev–Trinajstić information content (AvgIpc) is 3.49. The zero-order valence-corrected chi connectivity index (χ0v) is 19.8. The van der Waals surface area contributed by atoms with Gasteiger partial charge in [-0.1, -0.05) is 26.8 Å². The summed E-state index contributed by atoms with van der Waals surface area (Å²) in [6.45, 7) is 8.87. The van der Waals surface area contributed by atoms with E-state index >= 15 is 0 Å². The molecule has 2 saturated heterocycles. The van der Waals surface area contributed by atoms with Crippen LogP contribution in [0.25, 0.3) is 5.76 Å². The van der Waals surface area contributed by atoms with E-state index in [9.17, 15) is 14.7 Å². The molecule has 0 aliphatic carbocycles. The van der Waals surface area contributed by atoms with Crippen LogP contribution in [0.1, 0.15) is 62.3 Å². The number of hydrogen-bond acceptors (Lipinski definition) is 6. The van der Waals surface area contributed by atoms with Crippen molar-refractivity contribution in [3.05, 3.63) is 58.6 Å². The highest BCUT2D eigenvalue weighted by atomic mass is 16.5. The van der Waals surface area contributed by atoms with Crippen molar-refractivity contribution in [2.75, 3.05) is 20.3 Å². The van der Waals surface area contributed by atoms with E-state index in [1.54, 1.807) is 25.1 Å². The van der Waals surface area contributed by atoms with Gasteiger partial charge in [-0.2, -0.15) is 0 Å². The molecule has 176 valence electrons. The van der Waals surface area contributed by atoms with Crippen molar-refractivity contribution in [1.82, 2.24) is 4.90 Å². The minimum atomic E-state index is -0.842. The molecule has 2 aliphatic heterocycles. The molecule has 1 amide bonds. The number of nitrogens with zero attached hydrogens (tertiary/aromatic N) is 1. The Kier molecular flexibility index (Phi) is 6.10. The monoisotopic (exact) mass is 453 g/mol. The van der Waals surface area contributed by atoms with E-state index in [0.717, 1.165) is 18.4 Å². The summed E-state index contributed by atoms with van der Waals surface area (Å²) in [6.07, 6.45) is 1.57. The number of methoxy groups -OCH3 is 1. The summed E-state index contributed by atoms with van der Waals surface area (Å²) in [7, 11) is 1.51. The van der Waals surface area contributed by atoms with E-state index in [1.807, 2.05) is 12.1 Å². The predicted molar refractivity (Wildman–Crippen MR) is 123 cm³/mol. The zero-order valence-electron chi connectivity index (χ0n) is 19.8. The first-order valence-corrected chi connectivity index (χ1v) is 11.3. The number of carbonyl (C=O) groups excluding carboxylic acids is 2. The second kappa shape index (κ2) is 8.71. The molecule has 2 fully saturated rings. The third-order valence-electron chi connectivity index (χ3n) is 6.32. The van der Waals surface area contributed by atoms with Gasteiger partial charge in [0.2, 0.25) is 0 Å². The molecular weight excluding hydrogens is 422 g/mol. The summed E-state index contributed by atoms with van der Waals surface area (Å²) in [5.41, 5.74) is 1.14. The van der Waals surface area contributed by atoms with Crippen LogP contribution >= 0.6 is 0 Å². The van der Waals surface area contributed by atoms with Gasteiger partial charge in [-0.15, -0.1) is 0 Å². The van der Waals surface area contributed by atoms with Gasteiger partial charge in [0.1, 0.15) is 29.1 Å². The Hall–Kier alpha value is -3.06. The molecule has 1 aromatic carbocycles. The highest BCUT2D eigenvalue weighted by Gasteiger charge is 2.48. The molecule has 2 unspecified atom stereocenters. The van der Waals surface area contributed by atoms with Crippen molar-refractivity contribution in [3.63, 3.8) is 0 Å². The van der Waals surface area contributed by atoms with E-state index in [2.05, 4.69) is 20.8 Å². The summed E-state index contributed by atoms with van der Waals surface area (Å²) in [5.74, 6) is -0.188. The summed E-state index contributed by atoms with van der Waals surface area (Å²) in [5, 5.41) is 11.5. The van der Waals surface area contributed by atoms with Crippen LogP contribution in [0, 0.1) is 6.92 Å². The number of ether oxygens (including phenoxy) is 2. The Morgan fingerprint density at radius 3 is 2.55 bits per heavy atom. The lowest BCUT2D eigenvalue weighted by Gasteiger charge is -2.26. The van der Waals surface area contributed by atoms with Crippen LogP contribution < -0.4 is 4.74 Å². The van der Waals surface area contributed by atoms with Gasteiger partial charge >= 0.3 is 0 Å². The first-order valence-electron chi connectivity index (χ1n) is 11.3. The van der Waals surface area contributed by atoms with Gasteiger partial charge in [-0.3, -0.25) is 9.59 Å². The molecule has 2 atom stereocenters. The van der Waals surface area contributed by atoms with E-state index in [-0.39, 0.29) is 29.4 Å². The predicted octanol–water partition coefficient (Wildman–Crippen LogP) is 4.49. The highest BCUT2D eigenvalue weighted by Crippen LogP contribution is 2.42. The normalized spacial score (nSPS) is 22.9. The SMILES string of the molecule is COc1ccc(C(C)(C)C)cc1/C(O)=C1\C(=O)C(=O)N(CC2CCCO2)C1c1ccc(C)o1. The molecular formula is C26H31NO6. The van der Waals surface area contributed by atoms with Gasteiger partial charge < -0.3 is 23.9 Å². The minimum absolute atomic E-state index is 0.00305. The van der Waals surface area contributed by atoms with E-state index < -0.39 is 17.7 Å². The molecule has 0 spiro atoms. The molecule has 3 heterocycles. The van der Waals surface area contributed by atoms with E-state index in [1.165, 1.54) is 12.0 Å². The van der Waals surface area contributed by atoms with Crippen LogP contribution in [0.15, 0.2) is 40.3 Å². The molecule has 1 aromatic heterocycles. The van der Waals surface area contributed by atoms with E-state index in [0.29, 0.717) is 29.4 Å². The minimum Gasteiger partial charge on any atom is -0.507 e.